The molecule has 2 N–H and O–H groups in total. The monoisotopic (exact) mass is 522 g/mol. The number of esters is 2. The number of unbranched alkanes of at least 4 members (excludes halogenated alkanes) is 1. The molecular weight excluding hydrogens is 480 g/mol. The molecule has 2 aliphatic rings. The van der Waals surface area contributed by atoms with E-state index in [0.29, 0.717) is 30.2 Å². The number of aliphatic hydroxyl groups is 2. The fourth-order valence-electron chi connectivity index (χ4n) is 5.60. The zero-order valence-electron chi connectivity index (χ0n) is 22.8. The number of benzene rings is 1. The fourth-order valence-corrected chi connectivity index (χ4v) is 5.60. The summed E-state index contributed by atoms with van der Waals surface area (Å²) in [5, 5.41) is 21.1. The lowest BCUT2D eigenvalue weighted by molar-refractivity contribution is -0.168. The molecule has 1 aromatic carbocycles. The van der Waals surface area contributed by atoms with Crippen LogP contribution in [0.5, 0.6) is 0 Å². The molecule has 38 heavy (non-hydrogen) atoms. The maximum Gasteiger partial charge on any atom is 0.352 e. The maximum absolute atomic E-state index is 12.5. The Labute approximate surface area is 227 Å². The highest BCUT2D eigenvalue weighted by molar-refractivity contribution is 5.80. The Morgan fingerprint density at radius 3 is 2.68 bits per heavy atom. The topological polar surface area (TPSA) is 93.1 Å². The molecule has 7 atom stereocenters. The summed E-state index contributed by atoms with van der Waals surface area (Å²) in [6, 6.07) is 8.92. The van der Waals surface area contributed by atoms with Crippen LogP contribution < -0.4 is 0 Å². The average Bonchev–Trinajstić information content (AvgIpc) is 3.43. The highest BCUT2D eigenvalue weighted by Gasteiger charge is 2.45. The first kappa shape index (κ1) is 29.7. The van der Waals surface area contributed by atoms with Crippen LogP contribution >= 0.6 is 0 Å². The van der Waals surface area contributed by atoms with Gasteiger partial charge in [0.05, 0.1) is 18.8 Å². The van der Waals surface area contributed by atoms with Crippen LogP contribution in [-0.4, -0.2) is 41.0 Å². The molecule has 3 rings (SSSR count). The lowest BCUT2D eigenvalue weighted by atomic mass is 9.89. The smallest absolute Gasteiger partial charge is 0.352 e. The molecule has 6 heteroatoms. The van der Waals surface area contributed by atoms with Crippen LogP contribution in [0.4, 0.5) is 0 Å². The van der Waals surface area contributed by atoms with Gasteiger partial charge in [-0.25, -0.2) is 4.79 Å². The molecule has 0 bridgehead atoms. The van der Waals surface area contributed by atoms with E-state index in [9.17, 15) is 19.8 Å². The molecule has 0 aliphatic heterocycles. The van der Waals surface area contributed by atoms with Crippen molar-refractivity contribution in [2.45, 2.75) is 84.0 Å². The summed E-state index contributed by atoms with van der Waals surface area (Å²) >= 11 is 0. The minimum absolute atomic E-state index is 0.0535. The Morgan fingerprint density at radius 1 is 1.21 bits per heavy atom. The normalized spacial score (nSPS) is 25.9. The van der Waals surface area contributed by atoms with Crippen LogP contribution in [0.2, 0.25) is 0 Å². The van der Waals surface area contributed by atoms with Crippen molar-refractivity contribution in [3.8, 4) is 11.8 Å². The highest BCUT2D eigenvalue weighted by atomic mass is 16.6. The van der Waals surface area contributed by atoms with Gasteiger partial charge in [-0.3, -0.25) is 4.79 Å². The van der Waals surface area contributed by atoms with E-state index in [0.717, 1.165) is 25.7 Å². The number of rotatable bonds is 12. The van der Waals surface area contributed by atoms with Gasteiger partial charge in [-0.05, 0) is 63.7 Å². The summed E-state index contributed by atoms with van der Waals surface area (Å²) in [6.07, 6.45) is 9.06. The number of hydrogen-bond acceptors (Lipinski definition) is 6. The van der Waals surface area contributed by atoms with E-state index in [1.54, 1.807) is 38.1 Å². The van der Waals surface area contributed by atoms with Crippen LogP contribution in [0.15, 0.2) is 54.1 Å². The lowest BCUT2D eigenvalue weighted by Gasteiger charge is -2.19. The third kappa shape index (κ3) is 8.31. The zero-order valence-corrected chi connectivity index (χ0v) is 22.8. The lowest BCUT2D eigenvalue weighted by Crippen LogP contribution is -2.22. The molecule has 2 aliphatic carbocycles. The van der Waals surface area contributed by atoms with E-state index in [1.807, 2.05) is 25.1 Å². The van der Waals surface area contributed by atoms with Crippen LogP contribution in [-0.2, 0) is 19.1 Å². The van der Waals surface area contributed by atoms with E-state index in [1.165, 1.54) is 5.57 Å². The molecule has 0 amide bonds. The first-order valence-corrected chi connectivity index (χ1v) is 13.9. The minimum atomic E-state index is -1.05. The molecule has 0 saturated heterocycles. The first-order chi connectivity index (χ1) is 18.3. The first-order valence-electron chi connectivity index (χ1n) is 13.9. The van der Waals surface area contributed by atoms with Crippen molar-refractivity contribution in [2.24, 2.45) is 23.7 Å². The molecule has 206 valence electrons. The van der Waals surface area contributed by atoms with Gasteiger partial charge in [-0.15, -0.1) is 11.8 Å². The number of allylic oxidation sites excluding steroid dienone is 2. The number of fused-ring (bicyclic) bond motifs is 1. The third-order valence-electron chi connectivity index (χ3n) is 7.70. The van der Waals surface area contributed by atoms with Crippen molar-refractivity contribution in [3.05, 3.63) is 59.7 Å². The number of carbonyl (C=O) groups excluding carboxylic acids is 2. The molecule has 1 unspecified atom stereocenters. The summed E-state index contributed by atoms with van der Waals surface area (Å²) in [5.74, 6) is 5.85. The van der Waals surface area contributed by atoms with Crippen molar-refractivity contribution in [1.82, 2.24) is 0 Å². The van der Waals surface area contributed by atoms with Gasteiger partial charge in [0.25, 0.3) is 0 Å². The van der Waals surface area contributed by atoms with Crippen molar-refractivity contribution in [1.29, 1.82) is 0 Å². The molecule has 6 nitrogen and oxygen atoms in total. The second-order valence-electron chi connectivity index (χ2n) is 10.5. The predicted molar refractivity (Wildman–Crippen MR) is 147 cm³/mol. The largest absolute Gasteiger partial charge is 0.463 e. The Morgan fingerprint density at radius 2 is 1.97 bits per heavy atom. The van der Waals surface area contributed by atoms with E-state index in [2.05, 4.69) is 17.9 Å². The Balaban J connectivity index is 1.47. The van der Waals surface area contributed by atoms with Gasteiger partial charge >= 0.3 is 11.9 Å². The molecule has 1 aromatic rings. The summed E-state index contributed by atoms with van der Waals surface area (Å²) in [6.45, 7) is 5.73. The SMILES string of the molecule is CC#CCC(C)[C@H](O)/C=C/[C@@H]1[C@H]2C/C(=C\CCCC(=O)O[C@H](C(=O)OCC)c3ccccc3)C[C@H]2C[C@H]1O. The van der Waals surface area contributed by atoms with Gasteiger partial charge in [0.2, 0.25) is 6.10 Å². The van der Waals surface area contributed by atoms with Gasteiger partial charge in [-0.1, -0.05) is 61.1 Å². The van der Waals surface area contributed by atoms with Crippen molar-refractivity contribution in [3.63, 3.8) is 0 Å². The van der Waals surface area contributed by atoms with Gasteiger partial charge in [-0.2, -0.15) is 0 Å². The third-order valence-corrected chi connectivity index (χ3v) is 7.70. The number of ether oxygens (including phenoxy) is 2. The summed E-state index contributed by atoms with van der Waals surface area (Å²) in [4.78, 5) is 24.8. The Hall–Kier alpha value is -2.88. The minimum Gasteiger partial charge on any atom is -0.463 e. The van der Waals surface area contributed by atoms with Crippen molar-refractivity contribution < 1.29 is 29.3 Å². The van der Waals surface area contributed by atoms with Crippen LogP contribution in [0, 0.1) is 35.5 Å². The van der Waals surface area contributed by atoms with Gasteiger partial charge in [0, 0.05) is 24.3 Å². The number of hydrogen-bond donors (Lipinski definition) is 2. The molecule has 0 aromatic heterocycles. The summed E-state index contributed by atoms with van der Waals surface area (Å²) < 4.78 is 10.6. The van der Waals surface area contributed by atoms with E-state index >= 15 is 0 Å². The molecule has 0 spiro atoms. The second kappa shape index (κ2) is 14.9. The summed E-state index contributed by atoms with van der Waals surface area (Å²) in [5.41, 5.74) is 1.97. The number of aliphatic hydroxyl groups excluding tert-OH is 2. The highest BCUT2D eigenvalue weighted by Crippen LogP contribution is 2.50. The number of carbonyl (C=O) groups is 2. The van der Waals surface area contributed by atoms with Crippen LogP contribution in [0.1, 0.15) is 77.4 Å². The van der Waals surface area contributed by atoms with Gasteiger partial charge in [0.15, 0.2) is 0 Å². The van der Waals surface area contributed by atoms with Crippen molar-refractivity contribution in [2.75, 3.05) is 6.61 Å². The van der Waals surface area contributed by atoms with Crippen LogP contribution in [0.25, 0.3) is 0 Å². The van der Waals surface area contributed by atoms with Crippen LogP contribution in [0.3, 0.4) is 0 Å². The molecular formula is C32H42O6. The zero-order chi connectivity index (χ0) is 27.5. The standard InChI is InChI=1S/C32H42O6/c1-4-6-12-22(3)28(33)18-17-26-27-20-23(19-25(27)21-29(26)34)13-10-11-16-30(35)38-31(32(36)37-5-2)24-14-8-7-9-15-24/h7-9,13-15,17-18,22,25-29,31,33-34H,5,10-12,16,19-21H2,1-3H3/b18-17+,23-13-/t22?,25-,26+,27-,28+,29+,31-/m0/s1. The molecule has 2 saturated carbocycles. The average molecular weight is 523 g/mol. The van der Waals surface area contributed by atoms with E-state index < -0.39 is 24.1 Å². The molecule has 2 fully saturated rings. The summed E-state index contributed by atoms with van der Waals surface area (Å²) in [7, 11) is 0. The molecule has 0 heterocycles. The van der Waals surface area contributed by atoms with Crippen molar-refractivity contribution >= 4 is 11.9 Å². The quantitative estimate of drug-likeness (QED) is 0.167. The second-order valence-corrected chi connectivity index (χ2v) is 10.5. The van der Waals surface area contributed by atoms with Gasteiger partial charge < -0.3 is 19.7 Å². The van der Waals surface area contributed by atoms with Gasteiger partial charge in [0.1, 0.15) is 0 Å². The maximum atomic E-state index is 12.5. The fraction of sp³-hybridized carbons (Fsp3) is 0.562. The Kier molecular flexibility index (Phi) is 11.6. The predicted octanol–water partition coefficient (Wildman–Crippen LogP) is 5.30. The molecule has 0 radical (unpaired) electrons. The Bertz CT molecular complexity index is 1030. The van der Waals surface area contributed by atoms with E-state index in [4.69, 9.17) is 9.47 Å². The van der Waals surface area contributed by atoms with E-state index in [-0.39, 0.29) is 31.0 Å².